The van der Waals surface area contributed by atoms with E-state index in [-0.39, 0.29) is 6.10 Å². The first-order valence-corrected chi connectivity index (χ1v) is 9.11. The largest absolute Gasteiger partial charge is 0.494 e. The molecule has 1 aliphatic heterocycles. The van der Waals surface area contributed by atoms with E-state index < -0.39 is 0 Å². The lowest BCUT2D eigenvalue weighted by molar-refractivity contribution is 0.254. The third-order valence-electron chi connectivity index (χ3n) is 4.02. The van der Waals surface area contributed by atoms with Crippen LogP contribution in [0.25, 0.3) is 5.65 Å². The van der Waals surface area contributed by atoms with E-state index in [0.29, 0.717) is 6.61 Å². The number of aromatic nitrogens is 3. The summed E-state index contributed by atoms with van der Waals surface area (Å²) in [6.45, 7) is 4.76. The molecule has 3 aromatic rings. The maximum Gasteiger partial charge on any atom is 0.195 e. The van der Waals surface area contributed by atoms with Crippen LogP contribution >= 0.6 is 11.8 Å². The van der Waals surface area contributed by atoms with Crippen molar-refractivity contribution in [1.29, 1.82) is 0 Å². The molecule has 0 aliphatic carbocycles. The zero-order valence-corrected chi connectivity index (χ0v) is 14.5. The molecule has 1 aliphatic rings. The number of nitrogens with zero attached hydrogens (tertiary/aromatic N) is 3. The Kier molecular flexibility index (Phi) is 4.06. The molecular formula is C18H19N3O2S. The van der Waals surface area contributed by atoms with E-state index in [4.69, 9.17) is 9.47 Å². The van der Waals surface area contributed by atoms with Gasteiger partial charge >= 0.3 is 0 Å². The summed E-state index contributed by atoms with van der Waals surface area (Å²) in [5.41, 5.74) is 3.21. The van der Waals surface area contributed by atoms with Gasteiger partial charge in [0.1, 0.15) is 17.6 Å². The van der Waals surface area contributed by atoms with Crippen LogP contribution in [0.3, 0.4) is 0 Å². The lowest BCUT2D eigenvalue weighted by Crippen LogP contribution is -2.05. The monoisotopic (exact) mass is 341 g/mol. The summed E-state index contributed by atoms with van der Waals surface area (Å²) in [6.07, 6.45) is 3.16. The van der Waals surface area contributed by atoms with Crippen molar-refractivity contribution in [3.05, 3.63) is 47.7 Å². The van der Waals surface area contributed by atoms with Crippen molar-refractivity contribution in [2.45, 2.75) is 37.3 Å². The van der Waals surface area contributed by atoms with Crippen LogP contribution in [-0.4, -0.2) is 27.3 Å². The Morgan fingerprint density at radius 1 is 1.33 bits per heavy atom. The Morgan fingerprint density at radius 2 is 2.25 bits per heavy atom. The minimum atomic E-state index is 0.234. The summed E-state index contributed by atoms with van der Waals surface area (Å²) < 4.78 is 13.7. The molecule has 0 unspecified atom stereocenters. The Labute approximate surface area is 145 Å². The zero-order chi connectivity index (χ0) is 16.5. The third-order valence-corrected chi connectivity index (χ3v) is 5.01. The molecule has 2 aromatic heterocycles. The number of ether oxygens (including phenoxy) is 2. The van der Waals surface area contributed by atoms with Gasteiger partial charge < -0.3 is 9.47 Å². The Morgan fingerprint density at radius 3 is 3.12 bits per heavy atom. The molecule has 0 spiro atoms. The number of rotatable bonds is 5. The first-order chi connectivity index (χ1) is 11.7. The highest BCUT2D eigenvalue weighted by Crippen LogP contribution is 2.37. The predicted octanol–water partition coefficient (Wildman–Crippen LogP) is 3.74. The van der Waals surface area contributed by atoms with E-state index in [9.17, 15) is 0 Å². The summed E-state index contributed by atoms with van der Waals surface area (Å²) in [6, 6.07) is 10.1. The highest BCUT2D eigenvalue weighted by molar-refractivity contribution is 7.98. The van der Waals surface area contributed by atoms with Gasteiger partial charge in [-0.3, -0.25) is 4.40 Å². The van der Waals surface area contributed by atoms with Gasteiger partial charge in [-0.25, -0.2) is 0 Å². The fourth-order valence-electron chi connectivity index (χ4n) is 2.94. The van der Waals surface area contributed by atoms with Gasteiger partial charge in [-0.2, -0.15) is 0 Å². The van der Waals surface area contributed by atoms with E-state index in [1.807, 2.05) is 35.7 Å². The number of thioether (sulfide) groups is 1. The topological polar surface area (TPSA) is 48.7 Å². The van der Waals surface area contributed by atoms with Gasteiger partial charge in [0.15, 0.2) is 10.8 Å². The fourth-order valence-corrected chi connectivity index (χ4v) is 3.85. The Balaban J connectivity index is 1.60. The summed E-state index contributed by atoms with van der Waals surface area (Å²) in [5.74, 6) is 2.68. The molecule has 0 saturated carbocycles. The molecule has 1 atom stereocenters. The molecule has 0 saturated heterocycles. The van der Waals surface area contributed by atoms with E-state index in [1.54, 1.807) is 11.8 Å². The smallest absolute Gasteiger partial charge is 0.195 e. The van der Waals surface area contributed by atoms with Crippen LogP contribution in [0, 0.1) is 0 Å². The first-order valence-electron chi connectivity index (χ1n) is 8.12. The van der Waals surface area contributed by atoms with Crippen molar-refractivity contribution < 1.29 is 9.47 Å². The normalized spacial score (nSPS) is 16.2. The van der Waals surface area contributed by atoms with Crippen LogP contribution in [-0.2, 0) is 12.2 Å². The van der Waals surface area contributed by atoms with Crippen LogP contribution < -0.4 is 9.47 Å². The van der Waals surface area contributed by atoms with Crippen LogP contribution in [0.5, 0.6) is 11.5 Å². The van der Waals surface area contributed by atoms with Gasteiger partial charge in [0.25, 0.3) is 0 Å². The molecule has 24 heavy (non-hydrogen) atoms. The van der Waals surface area contributed by atoms with Crippen LogP contribution in [0.2, 0.25) is 0 Å². The summed E-state index contributed by atoms with van der Waals surface area (Å²) in [4.78, 5) is 0. The molecule has 5 nitrogen and oxygen atoms in total. The average molecular weight is 341 g/mol. The molecule has 4 rings (SSSR count). The predicted molar refractivity (Wildman–Crippen MR) is 94.0 cm³/mol. The van der Waals surface area contributed by atoms with Crippen molar-refractivity contribution >= 4 is 17.4 Å². The summed E-state index contributed by atoms with van der Waals surface area (Å²) in [7, 11) is 0. The number of hydrogen-bond donors (Lipinski definition) is 0. The van der Waals surface area contributed by atoms with Crippen molar-refractivity contribution in [2.24, 2.45) is 0 Å². The molecule has 0 fully saturated rings. The molecule has 0 amide bonds. The van der Waals surface area contributed by atoms with Gasteiger partial charge in [0.05, 0.1) is 6.61 Å². The molecule has 124 valence electrons. The van der Waals surface area contributed by atoms with Crippen molar-refractivity contribution in [1.82, 2.24) is 14.6 Å². The maximum absolute atomic E-state index is 5.89. The third kappa shape index (κ3) is 2.82. The number of hydrogen-bond acceptors (Lipinski definition) is 5. The highest BCUT2D eigenvalue weighted by Gasteiger charge is 2.22. The SMILES string of the molecule is CCOc1cc2c(cc1CSc1nnc3ccccn13)O[C@@H](C)C2. The second-order valence-electron chi connectivity index (χ2n) is 5.83. The van der Waals surface area contributed by atoms with Crippen LogP contribution in [0.1, 0.15) is 25.0 Å². The standard InChI is InChI=1S/C18H19N3O2S/c1-3-22-15-9-13-8-12(2)23-16(13)10-14(15)11-24-18-20-19-17-6-4-5-7-21(17)18/h4-7,9-10,12H,3,8,11H2,1-2H3/t12-/m0/s1. The lowest BCUT2D eigenvalue weighted by atomic mass is 10.1. The molecule has 0 radical (unpaired) electrons. The second kappa shape index (κ2) is 6.36. The average Bonchev–Trinajstić information content (AvgIpc) is 3.15. The molecular weight excluding hydrogens is 322 g/mol. The maximum atomic E-state index is 5.89. The van der Waals surface area contributed by atoms with Gasteiger partial charge in [-0.05, 0) is 38.1 Å². The van der Waals surface area contributed by atoms with Crippen molar-refractivity contribution in [3.63, 3.8) is 0 Å². The van der Waals surface area contributed by atoms with E-state index in [0.717, 1.165) is 40.0 Å². The van der Waals surface area contributed by atoms with Crippen LogP contribution in [0.15, 0.2) is 41.7 Å². The van der Waals surface area contributed by atoms with Gasteiger partial charge in [-0.1, -0.05) is 17.8 Å². The first kappa shape index (κ1) is 15.3. The number of pyridine rings is 1. The number of benzene rings is 1. The summed E-state index contributed by atoms with van der Waals surface area (Å²) in [5, 5.41) is 9.35. The van der Waals surface area contributed by atoms with Gasteiger partial charge in [0.2, 0.25) is 0 Å². The molecule has 1 aromatic carbocycles. The Hall–Kier alpha value is -2.21. The Bertz CT molecular complexity index is 878. The minimum absolute atomic E-state index is 0.234. The molecule has 0 bridgehead atoms. The lowest BCUT2D eigenvalue weighted by Gasteiger charge is -2.12. The molecule has 6 heteroatoms. The van der Waals surface area contributed by atoms with Gasteiger partial charge in [-0.15, -0.1) is 10.2 Å². The van der Waals surface area contributed by atoms with E-state index in [2.05, 4.69) is 29.3 Å². The van der Waals surface area contributed by atoms with Crippen molar-refractivity contribution in [3.8, 4) is 11.5 Å². The minimum Gasteiger partial charge on any atom is -0.494 e. The van der Waals surface area contributed by atoms with Gasteiger partial charge in [0, 0.05) is 29.5 Å². The fraction of sp³-hybridized carbons (Fsp3) is 0.333. The quantitative estimate of drug-likeness (QED) is 0.662. The number of fused-ring (bicyclic) bond motifs is 2. The van der Waals surface area contributed by atoms with Crippen molar-refractivity contribution in [2.75, 3.05) is 6.61 Å². The van der Waals surface area contributed by atoms with E-state index in [1.165, 1.54) is 5.56 Å². The van der Waals surface area contributed by atoms with E-state index >= 15 is 0 Å². The summed E-state index contributed by atoms with van der Waals surface area (Å²) >= 11 is 1.65. The molecule has 3 heterocycles. The second-order valence-corrected chi connectivity index (χ2v) is 6.78. The zero-order valence-electron chi connectivity index (χ0n) is 13.7. The highest BCUT2D eigenvalue weighted by atomic mass is 32.2. The molecule has 0 N–H and O–H groups in total. The van der Waals surface area contributed by atoms with Crippen LogP contribution in [0.4, 0.5) is 0 Å².